The van der Waals surface area contributed by atoms with Crippen molar-refractivity contribution in [2.75, 3.05) is 20.3 Å². The molecular weight excluding hydrogens is 250 g/mol. The SMILES string of the molecule is C=C(C)C(=O)NCCCCOC(=O)/C=C/C(=O)OC. The summed E-state index contributed by atoms with van der Waals surface area (Å²) in [5.41, 5.74) is 0.458. The summed E-state index contributed by atoms with van der Waals surface area (Å²) < 4.78 is 9.15. The van der Waals surface area contributed by atoms with Crippen LogP contribution in [0, 0.1) is 0 Å². The van der Waals surface area contributed by atoms with Gasteiger partial charge in [0.05, 0.1) is 13.7 Å². The Morgan fingerprint density at radius 1 is 1.16 bits per heavy atom. The van der Waals surface area contributed by atoms with Crippen LogP contribution < -0.4 is 5.32 Å². The van der Waals surface area contributed by atoms with E-state index < -0.39 is 11.9 Å². The van der Waals surface area contributed by atoms with Crippen LogP contribution in [-0.2, 0) is 23.9 Å². The fourth-order valence-electron chi connectivity index (χ4n) is 1.00. The fraction of sp³-hybridized carbons (Fsp3) is 0.462. The molecule has 0 aliphatic rings. The molecule has 6 heteroatoms. The first-order valence-corrected chi connectivity index (χ1v) is 5.84. The molecule has 0 radical (unpaired) electrons. The van der Waals surface area contributed by atoms with Gasteiger partial charge in [-0.25, -0.2) is 9.59 Å². The number of hydrogen-bond donors (Lipinski definition) is 1. The quantitative estimate of drug-likeness (QED) is 0.399. The predicted molar refractivity (Wildman–Crippen MR) is 69.2 cm³/mol. The number of ether oxygens (including phenoxy) is 2. The Labute approximate surface area is 112 Å². The summed E-state index contributed by atoms with van der Waals surface area (Å²) in [6, 6.07) is 0. The summed E-state index contributed by atoms with van der Waals surface area (Å²) >= 11 is 0. The summed E-state index contributed by atoms with van der Waals surface area (Å²) in [6.07, 6.45) is 3.31. The monoisotopic (exact) mass is 269 g/mol. The molecule has 0 saturated heterocycles. The van der Waals surface area contributed by atoms with Gasteiger partial charge in [0, 0.05) is 24.3 Å². The molecule has 1 N–H and O–H groups in total. The molecule has 0 aliphatic heterocycles. The average Bonchev–Trinajstić information content (AvgIpc) is 2.39. The van der Waals surface area contributed by atoms with E-state index in [9.17, 15) is 14.4 Å². The number of carbonyl (C=O) groups is 3. The van der Waals surface area contributed by atoms with E-state index in [1.807, 2.05) is 0 Å². The summed E-state index contributed by atoms with van der Waals surface area (Å²) in [5.74, 6) is -1.39. The number of esters is 2. The molecule has 0 saturated carbocycles. The minimum absolute atomic E-state index is 0.182. The summed E-state index contributed by atoms with van der Waals surface area (Å²) in [7, 11) is 1.22. The van der Waals surface area contributed by atoms with Gasteiger partial charge >= 0.3 is 11.9 Å². The molecule has 0 aliphatic carbocycles. The third-order valence-corrected chi connectivity index (χ3v) is 2.05. The molecule has 0 aromatic rings. The number of unbranched alkanes of at least 4 members (excludes halogenated alkanes) is 1. The second-order valence-corrected chi connectivity index (χ2v) is 3.77. The minimum Gasteiger partial charge on any atom is -0.466 e. The molecule has 6 nitrogen and oxygen atoms in total. The van der Waals surface area contributed by atoms with Crippen LogP contribution >= 0.6 is 0 Å². The molecule has 0 fully saturated rings. The van der Waals surface area contributed by atoms with Crippen LogP contribution in [0.5, 0.6) is 0 Å². The van der Waals surface area contributed by atoms with Crippen LogP contribution in [0.2, 0.25) is 0 Å². The third-order valence-electron chi connectivity index (χ3n) is 2.05. The number of carbonyl (C=O) groups excluding carboxylic acids is 3. The van der Waals surface area contributed by atoms with Gasteiger partial charge in [-0.15, -0.1) is 0 Å². The van der Waals surface area contributed by atoms with Gasteiger partial charge in [0.25, 0.3) is 0 Å². The molecular formula is C13H19NO5. The van der Waals surface area contributed by atoms with Crippen molar-refractivity contribution in [3.05, 3.63) is 24.3 Å². The lowest BCUT2D eigenvalue weighted by Crippen LogP contribution is -2.24. The van der Waals surface area contributed by atoms with Crippen molar-refractivity contribution in [1.29, 1.82) is 0 Å². The average molecular weight is 269 g/mol. The zero-order valence-corrected chi connectivity index (χ0v) is 11.2. The van der Waals surface area contributed by atoms with Crippen LogP contribution in [0.15, 0.2) is 24.3 Å². The van der Waals surface area contributed by atoms with Gasteiger partial charge in [-0.1, -0.05) is 6.58 Å². The van der Waals surface area contributed by atoms with Gasteiger partial charge in [0.2, 0.25) is 5.91 Å². The van der Waals surface area contributed by atoms with Crippen molar-refractivity contribution in [2.45, 2.75) is 19.8 Å². The summed E-state index contributed by atoms with van der Waals surface area (Å²) in [5, 5.41) is 2.66. The van der Waals surface area contributed by atoms with Crippen LogP contribution in [0.1, 0.15) is 19.8 Å². The summed E-state index contributed by atoms with van der Waals surface area (Å²) in [6.45, 7) is 5.87. The van der Waals surface area contributed by atoms with E-state index in [0.717, 1.165) is 12.2 Å². The topological polar surface area (TPSA) is 81.7 Å². The van der Waals surface area contributed by atoms with E-state index in [2.05, 4.69) is 16.6 Å². The largest absolute Gasteiger partial charge is 0.466 e. The van der Waals surface area contributed by atoms with E-state index in [1.54, 1.807) is 6.92 Å². The molecule has 0 spiro atoms. The van der Waals surface area contributed by atoms with Crippen LogP contribution in [0.25, 0.3) is 0 Å². The van der Waals surface area contributed by atoms with Crippen LogP contribution in [-0.4, -0.2) is 38.1 Å². The first kappa shape index (κ1) is 16.9. The van der Waals surface area contributed by atoms with Crippen LogP contribution in [0.3, 0.4) is 0 Å². The molecule has 0 atom stereocenters. The zero-order valence-electron chi connectivity index (χ0n) is 11.2. The van der Waals surface area contributed by atoms with Crippen molar-refractivity contribution in [2.24, 2.45) is 0 Å². The molecule has 1 amide bonds. The number of hydrogen-bond acceptors (Lipinski definition) is 5. The molecule has 0 aromatic carbocycles. The van der Waals surface area contributed by atoms with Gasteiger partial charge < -0.3 is 14.8 Å². The molecule has 0 unspecified atom stereocenters. The van der Waals surface area contributed by atoms with Gasteiger partial charge in [0.1, 0.15) is 0 Å². The zero-order chi connectivity index (χ0) is 14.7. The van der Waals surface area contributed by atoms with Crippen LogP contribution in [0.4, 0.5) is 0 Å². The van der Waals surface area contributed by atoms with Crippen molar-refractivity contribution >= 4 is 17.8 Å². The van der Waals surface area contributed by atoms with Gasteiger partial charge in [0.15, 0.2) is 0 Å². The molecule has 19 heavy (non-hydrogen) atoms. The molecule has 0 bridgehead atoms. The Hall–Kier alpha value is -2.11. The Kier molecular flexibility index (Phi) is 8.78. The normalized spacial score (nSPS) is 10.0. The lowest BCUT2D eigenvalue weighted by molar-refractivity contribution is -0.139. The Bertz CT molecular complexity index is 373. The summed E-state index contributed by atoms with van der Waals surface area (Å²) in [4.78, 5) is 32.9. The van der Waals surface area contributed by atoms with E-state index in [-0.39, 0.29) is 12.5 Å². The van der Waals surface area contributed by atoms with Crippen molar-refractivity contribution in [3.8, 4) is 0 Å². The lowest BCUT2D eigenvalue weighted by Gasteiger charge is -2.04. The molecule has 0 rings (SSSR count). The first-order valence-electron chi connectivity index (χ1n) is 5.84. The highest BCUT2D eigenvalue weighted by Crippen LogP contribution is 1.92. The van der Waals surface area contributed by atoms with E-state index in [1.165, 1.54) is 7.11 Å². The van der Waals surface area contributed by atoms with E-state index in [4.69, 9.17) is 4.74 Å². The fourth-order valence-corrected chi connectivity index (χ4v) is 1.00. The highest BCUT2D eigenvalue weighted by Gasteiger charge is 2.01. The molecule has 0 aromatic heterocycles. The third kappa shape index (κ3) is 9.58. The minimum atomic E-state index is -0.612. The van der Waals surface area contributed by atoms with Gasteiger partial charge in [-0.3, -0.25) is 4.79 Å². The maximum absolute atomic E-state index is 11.1. The molecule has 106 valence electrons. The van der Waals surface area contributed by atoms with Gasteiger partial charge in [-0.05, 0) is 19.8 Å². The van der Waals surface area contributed by atoms with Gasteiger partial charge in [-0.2, -0.15) is 0 Å². The van der Waals surface area contributed by atoms with E-state index in [0.29, 0.717) is 25.0 Å². The molecule has 0 heterocycles. The number of rotatable bonds is 8. The highest BCUT2D eigenvalue weighted by atomic mass is 16.5. The number of amides is 1. The Balaban J connectivity index is 3.57. The lowest BCUT2D eigenvalue weighted by atomic mass is 10.3. The smallest absolute Gasteiger partial charge is 0.331 e. The number of nitrogens with one attached hydrogen (secondary N) is 1. The maximum Gasteiger partial charge on any atom is 0.331 e. The van der Waals surface area contributed by atoms with Crippen molar-refractivity contribution in [3.63, 3.8) is 0 Å². The maximum atomic E-state index is 11.1. The Morgan fingerprint density at radius 3 is 2.37 bits per heavy atom. The highest BCUT2D eigenvalue weighted by molar-refractivity contribution is 5.92. The van der Waals surface area contributed by atoms with E-state index >= 15 is 0 Å². The van der Waals surface area contributed by atoms with Crippen molar-refractivity contribution < 1.29 is 23.9 Å². The second kappa shape index (κ2) is 9.87. The first-order chi connectivity index (χ1) is 8.97. The Morgan fingerprint density at radius 2 is 1.79 bits per heavy atom. The second-order valence-electron chi connectivity index (χ2n) is 3.77. The standard InChI is InChI=1S/C13H19NO5/c1-10(2)13(17)14-8-4-5-9-19-12(16)7-6-11(15)18-3/h6-7H,1,4-5,8-9H2,2-3H3,(H,14,17)/b7-6+. The van der Waals surface area contributed by atoms with Crippen molar-refractivity contribution in [1.82, 2.24) is 5.32 Å². The number of methoxy groups -OCH3 is 1. The predicted octanol–water partition coefficient (Wildman–Crippen LogP) is 0.731.